The first-order valence-electron chi connectivity index (χ1n) is 12.3. The van der Waals surface area contributed by atoms with Crippen molar-refractivity contribution in [1.82, 2.24) is 14.8 Å². The summed E-state index contributed by atoms with van der Waals surface area (Å²) >= 11 is 0. The molecule has 1 amide bonds. The van der Waals surface area contributed by atoms with E-state index in [9.17, 15) is 9.59 Å². The first kappa shape index (κ1) is 24.2. The third kappa shape index (κ3) is 4.58. The lowest BCUT2D eigenvalue weighted by atomic mass is 10.0. The Balaban J connectivity index is 1.59. The van der Waals surface area contributed by atoms with Gasteiger partial charge in [0.1, 0.15) is 17.8 Å². The zero-order valence-electron chi connectivity index (χ0n) is 21.3. The molecule has 0 bridgehead atoms. The molecule has 0 radical (unpaired) electrons. The van der Waals surface area contributed by atoms with Crippen molar-refractivity contribution in [1.29, 1.82) is 0 Å². The van der Waals surface area contributed by atoms with Crippen LogP contribution in [0.15, 0.2) is 69.9 Å². The van der Waals surface area contributed by atoms with E-state index in [1.807, 2.05) is 43.3 Å². The van der Waals surface area contributed by atoms with Crippen LogP contribution in [-0.4, -0.2) is 34.3 Å². The summed E-state index contributed by atoms with van der Waals surface area (Å²) in [6.07, 6.45) is 0.873. The number of hydrogen-bond donors (Lipinski definition) is 0. The monoisotopic (exact) mass is 496 g/mol. The van der Waals surface area contributed by atoms with E-state index in [0.717, 1.165) is 23.1 Å². The van der Waals surface area contributed by atoms with Crippen molar-refractivity contribution in [3.05, 3.63) is 82.5 Å². The molecule has 3 aromatic carbocycles. The second-order valence-electron chi connectivity index (χ2n) is 8.80. The summed E-state index contributed by atoms with van der Waals surface area (Å²) in [5.74, 6) is 0.861. The highest BCUT2D eigenvalue weighted by Crippen LogP contribution is 2.28. The minimum atomic E-state index is -0.352. The summed E-state index contributed by atoms with van der Waals surface area (Å²) in [5, 5.41) is 5.85. The number of oxazole rings is 1. The summed E-state index contributed by atoms with van der Waals surface area (Å²) in [5.41, 5.74) is 4.33. The van der Waals surface area contributed by atoms with Crippen LogP contribution in [0.3, 0.4) is 0 Å². The van der Waals surface area contributed by atoms with Crippen LogP contribution in [0, 0.1) is 6.92 Å². The average molecular weight is 497 g/mol. The minimum absolute atomic E-state index is 0.215. The van der Waals surface area contributed by atoms with E-state index in [1.165, 1.54) is 4.68 Å². The van der Waals surface area contributed by atoms with Crippen molar-refractivity contribution < 1.29 is 13.9 Å². The van der Waals surface area contributed by atoms with E-state index in [2.05, 4.69) is 24.0 Å². The Bertz CT molecular complexity index is 1690. The molecular weight excluding hydrogens is 468 g/mol. The van der Waals surface area contributed by atoms with E-state index in [0.29, 0.717) is 45.9 Å². The average Bonchev–Trinajstić information content (AvgIpc) is 3.29. The van der Waals surface area contributed by atoms with Gasteiger partial charge in [-0.25, -0.2) is 9.67 Å². The fraction of sp³-hybridized carbons (Fsp3) is 0.241. The van der Waals surface area contributed by atoms with E-state index < -0.39 is 0 Å². The van der Waals surface area contributed by atoms with Gasteiger partial charge in [-0.1, -0.05) is 25.1 Å². The number of carbonyl (C=O) groups excluding carboxylic acids is 1. The number of fused-ring (bicyclic) bond motifs is 2. The summed E-state index contributed by atoms with van der Waals surface area (Å²) < 4.78 is 12.3. The molecule has 0 atom stereocenters. The standard InChI is InChI=1S/C29H28N4O4/c1-5-19-8-7-9-20(14-19)28-23-12-11-22(36-4)16-24(23)29(35)33(31-28)17-27(34)32(6-2)21-10-13-25-26(15-21)37-18(3)30-25/h7-16H,5-6,17H2,1-4H3. The molecule has 2 aromatic heterocycles. The highest BCUT2D eigenvalue weighted by Gasteiger charge is 2.20. The number of ether oxygens (including phenoxy) is 1. The van der Waals surface area contributed by atoms with E-state index >= 15 is 0 Å². The van der Waals surface area contributed by atoms with Crippen LogP contribution in [0.5, 0.6) is 5.75 Å². The van der Waals surface area contributed by atoms with Crippen LogP contribution in [-0.2, 0) is 17.8 Å². The number of aryl methyl sites for hydroxylation is 2. The van der Waals surface area contributed by atoms with Crippen LogP contribution < -0.4 is 15.2 Å². The number of anilines is 1. The molecule has 0 aliphatic rings. The lowest BCUT2D eigenvalue weighted by molar-refractivity contribution is -0.119. The second kappa shape index (κ2) is 9.89. The van der Waals surface area contributed by atoms with E-state index in [1.54, 1.807) is 31.1 Å². The largest absolute Gasteiger partial charge is 0.497 e. The van der Waals surface area contributed by atoms with Gasteiger partial charge in [0.05, 0.1) is 18.2 Å². The Morgan fingerprint density at radius 2 is 1.89 bits per heavy atom. The van der Waals surface area contributed by atoms with E-state index in [-0.39, 0.29) is 18.0 Å². The number of benzene rings is 3. The van der Waals surface area contributed by atoms with E-state index in [4.69, 9.17) is 14.3 Å². The van der Waals surface area contributed by atoms with Gasteiger partial charge < -0.3 is 14.1 Å². The van der Waals surface area contributed by atoms with Crippen LogP contribution >= 0.6 is 0 Å². The van der Waals surface area contributed by atoms with Crippen LogP contribution in [0.1, 0.15) is 25.3 Å². The predicted octanol–water partition coefficient (Wildman–Crippen LogP) is 5.14. The minimum Gasteiger partial charge on any atom is -0.497 e. The van der Waals surface area contributed by atoms with Crippen LogP contribution in [0.25, 0.3) is 33.1 Å². The first-order valence-corrected chi connectivity index (χ1v) is 12.3. The first-order chi connectivity index (χ1) is 17.9. The van der Waals surface area contributed by atoms with Gasteiger partial charge in [0.15, 0.2) is 11.5 Å². The molecule has 0 fully saturated rings. The molecule has 0 aliphatic heterocycles. The number of nitrogens with zero attached hydrogens (tertiary/aromatic N) is 4. The molecule has 2 heterocycles. The Morgan fingerprint density at radius 1 is 1.05 bits per heavy atom. The molecule has 37 heavy (non-hydrogen) atoms. The molecule has 0 saturated heterocycles. The van der Waals surface area contributed by atoms with Crippen molar-refractivity contribution in [3.63, 3.8) is 0 Å². The summed E-state index contributed by atoms with van der Waals surface area (Å²) in [6.45, 7) is 5.96. The van der Waals surface area contributed by atoms with Crippen molar-refractivity contribution in [3.8, 4) is 17.0 Å². The number of carbonyl (C=O) groups is 1. The van der Waals surface area contributed by atoms with Crippen molar-refractivity contribution >= 4 is 33.5 Å². The molecule has 0 spiro atoms. The third-order valence-corrected chi connectivity index (χ3v) is 6.47. The fourth-order valence-corrected chi connectivity index (χ4v) is 4.56. The zero-order valence-corrected chi connectivity index (χ0v) is 21.3. The number of aromatic nitrogens is 3. The Labute approximate surface area is 214 Å². The van der Waals surface area contributed by atoms with Crippen LogP contribution in [0.4, 0.5) is 5.69 Å². The van der Waals surface area contributed by atoms with Crippen molar-refractivity contribution in [2.24, 2.45) is 0 Å². The van der Waals surface area contributed by atoms with Crippen molar-refractivity contribution in [2.45, 2.75) is 33.7 Å². The zero-order chi connectivity index (χ0) is 26.1. The second-order valence-corrected chi connectivity index (χ2v) is 8.80. The van der Waals surface area contributed by atoms with Gasteiger partial charge >= 0.3 is 0 Å². The molecule has 8 heteroatoms. The molecular formula is C29H28N4O4. The van der Waals surface area contributed by atoms with Gasteiger partial charge in [-0.2, -0.15) is 5.10 Å². The number of methoxy groups -OCH3 is 1. The van der Waals surface area contributed by atoms with Gasteiger partial charge in [-0.15, -0.1) is 0 Å². The quantitative estimate of drug-likeness (QED) is 0.310. The number of hydrogen-bond acceptors (Lipinski definition) is 6. The Hall–Kier alpha value is -4.46. The SMILES string of the molecule is CCc1cccc(-c2nn(CC(=O)N(CC)c3ccc4nc(C)oc4c3)c(=O)c3cc(OC)ccc23)c1. The van der Waals surface area contributed by atoms with Gasteiger partial charge in [-0.3, -0.25) is 9.59 Å². The van der Waals surface area contributed by atoms with Gasteiger partial charge in [0.25, 0.3) is 5.56 Å². The molecule has 188 valence electrons. The molecule has 0 aliphatic carbocycles. The number of rotatable bonds is 7. The molecule has 5 aromatic rings. The van der Waals surface area contributed by atoms with Gasteiger partial charge in [0, 0.05) is 36.2 Å². The number of likely N-dealkylation sites (N-methyl/N-ethyl adjacent to an activating group) is 1. The number of amides is 1. The van der Waals surface area contributed by atoms with Gasteiger partial charge in [0.2, 0.25) is 5.91 Å². The summed E-state index contributed by atoms with van der Waals surface area (Å²) in [4.78, 5) is 32.9. The highest BCUT2D eigenvalue weighted by atomic mass is 16.5. The molecule has 0 unspecified atom stereocenters. The third-order valence-electron chi connectivity index (χ3n) is 6.47. The predicted molar refractivity (Wildman–Crippen MR) is 144 cm³/mol. The van der Waals surface area contributed by atoms with Crippen molar-refractivity contribution in [2.75, 3.05) is 18.6 Å². The molecule has 0 N–H and O–H groups in total. The van der Waals surface area contributed by atoms with Gasteiger partial charge in [-0.05, 0) is 55.3 Å². The lowest BCUT2D eigenvalue weighted by Gasteiger charge is -2.21. The Kier molecular flexibility index (Phi) is 6.48. The smallest absolute Gasteiger partial charge is 0.275 e. The molecule has 0 saturated carbocycles. The Morgan fingerprint density at radius 3 is 2.65 bits per heavy atom. The highest BCUT2D eigenvalue weighted by molar-refractivity contribution is 5.97. The maximum atomic E-state index is 13.5. The lowest BCUT2D eigenvalue weighted by Crippen LogP contribution is -2.37. The maximum absolute atomic E-state index is 13.5. The van der Waals surface area contributed by atoms with Crippen LogP contribution in [0.2, 0.25) is 0 Å². The topological polar surface area (TPSA) is 90.5 Å². The summed E-state index contributed by atoms with van der Waals surface area (Å²) in [6, 6.07) is 18.9. The molecule has 8 nitrogen and oxygen atoms in total. The maximum Gasteiger partial charge on any atom is 0.275 e. The normalized spacial score (nSPS) is 11.2. The summed E-state index contributed by atoms with van der Waals surface area (Å²) in [7, 11) is 1.56. The molecule has 5 rings (SSSR count). The fourth-order valence-electron chi connectivity index (χ4n) is 4.56.